The van der Waals surface area contributed by atoms with E-state index < -0.39 is 0 Å². The lowest BCUT2D eigenvalue weighted by atomic mass is 9.96. The Hall–Kier alpha value is -0.620. The van der Waals surface area contributed by atoms with Crippen LogP contribution in [0.2, 0.25) is 0 Å². The topological polar surface area (TPSA) is 46.3 Å². The van der Waals surface area contributed by atoms with Crippen LogP contribution in [0.15, 0.2) is 24.3 Å². The van der Waals surface area contributed by atoms with Crippen molar-refractivity contribution >= 4 is 28.5 Å². The van der Waals surface area contributed by atoms with Crippen molar-refractivity contribution in [1.29, 1.82) is 0 Å². The molecular formula is C14H19IN2O. The van der Waals surface area contributed by atoms with E-state index in [9.17, 15) is 4.79 Å². The van der Waals surface area contributed by atoms with Gasteiger partial charge in [-0.05, 0) is 65.6 Å². The van der Waals surface area contributed by atoms with Crippen molar-refractivity contribution in [3.8, 4) is 0 Å². The Morgan fingerprint density at radius 1 is 1.39 bits per heavy atom. The highest BCUT2D eigenvalue weighted by Crippen LogP contribution is 2.17. The molecule has 1 aliphatic rings. The first-order chi connectivity index (χ1) is 8.69. The molecule has 1 amide bonds. The highest BCUT2D eigenvalue weighted by molar-refractivity contribution is 14.1. The van der Waals surface area contributed by atoms with E-state index in [0.29, 0.717) is 12.3 Å². The number of halogens is 1. The molecule has 0 aromatic heterocycles. The van der Waals surface area contributed by atoms with E-state index in [1.54, 1.807) is 0 Å². The van der Waals surface area contributed by atoms with Gasteiger partial charge in [0.25, 0.3) is 0 Å². The van der Waals surface area contributed by atoms with Gasteiger partial charge in [0.1, 0.15) is 0 Å². The molecule has 0 atom stereocenters. The second-order valence-corrected chi connectivity index (χ2v) is 6.11. The number of likely N-dealkylation sites (tertiary alicyclic amines) is 1. The summed E-state index contributed by atoms with van der Waals surface area (Å²) in [4.78, 5) is 14.1. The minimum atomic E-state index is 0.243. The fraction of sp³-hybridized carbons (Fsp3) is 0.500. The van der Waals surface area contributed by atoms with Crippen LogP contribution in [-0.2, 0) is 11.2 Å². The van der Waals surface area contributed by atoms with Gasteiger partial charge in [0.05, 0.1) is 6.42 Å². The summed E-state index contributed by atoms with van der Waals surface area (Å²) in [6, 6.07) is 8.14. The molecule has 2 rings (SSSR count). The number of nitrogens with zero attached hydrogens (tertiary/aromatic N) is 1. The lowest BCUT2D eigenvalue weighted by Gasteiger charge is -2.31. The molecule has 98 valence electrons. The Morgan fingerprint density at radius 2 is 2.11 bits per heavy atom. The van der Waals surface area contributed by atoms with Crippen molar-refractivity contribution in [1.82, 2.24) is 4.90 Å². The normalized spacial score (nSPS) is 16.9. The summed E-state index contributed by atoms with van der Waals surface area (Å²) in [5, 5.41) is 0. The lowest BCUT2D eigenvalue weighted by molar-refractivity contribution is -0.131. The third-order valence-electron chi connectivity index (χ3n) is 3.54. The van der Waals surface area contributed by atoms with Crippen molar-refractivity contribution in [2.75, 3.05) is 19.6 Å². The van der Waals surface area contributed by atoms with Crippen molar-refractivity contribution in [2.45, 2.75) is 19.3 Å². The smallest absolute Gasteiger partial charge is 0.226 e. The van der Waals surface area contributed by atoms with Crippen molar-refractivity contribution in [3.05, 3.63) is 33.4 Å². The Bertz CT molecular complexity index is 414. The SMILES string of the molecule is NCC1CCN(C(=O)Cc2cccc(I)c2)CC1. The molecule has 2 N–H and O–H groups in total. The first-order valence-electron chi connectivity index (χ1n) is 6.41. The standard InChI is InChI=1S/C14H19IN2O/c15-13-3-1-2-12(8-13)9-14(18)17-6-4-11(10-16)5-7-17/h1-3,8,11H,4-7,9-10,16H2. The molecule has 0 radical (unpaired) electrons. The van der Waals surface area contributed by atoms with Crippen LogP contribution in [-0.4, -0.2) is 30.4 Å². The summed E-state index contributed by atoms with van der Waals surface area (Å²) in [5.74, 6) is 0.846. The van der Waals surface area contributed by atoms with E-state index in [1.165, 1.54) is 3.57 Å². The second-order valence-electron chi connectivity index (χ2n) is 4.87. The number of carbonyl (C=O) groups excluding carboxylic acids is 1. The zero-order chi connectivity index (χ0) is 13.0. The molecule has 0 spiro atoms. The monoisotopic (exact) mass is 358 g/mol. The van der Waals surface area contributed by atoms with E-state index >= 15 is 0 Å². The molecule has 1 aliphatic heterocycles. The molecule has 1 heterocycles. The average Bonchev–Trinajstić information content (AvgIpc) is 2.39. The Kier molecular flexibility index (Phi) is 5.00. The minimum Gasteiger partial charge on any atom is -0.342 e. The van der Waals surface area contributed by atoms with E-state index in [1.807, 2.05) is 23.1 Å². The molecule has 0 aliphatic carbocycles. The van der Waals surface area contributed by atoms with Crippen molar-refractivity contribution in [2.24, 2.45) is 11.7 Å². The summed E-state index contributed by atoms with van der Waals surface area (Å²) < 4.78 is 1.18. The summed E-state index contributed by atoms with van der Waals surface area (Å²) in [5.41, 5.74) is 6.77. The third-order valence-corrected chi connectivity index (χ3v) is 4.22. The molecule has 4 heteroatoms. The van der Waals surface area contributed by atoms with Gasteiger partial charge in [-0.3, -0.25) is 4.79 Å². The number of carbonyl (C=O) groups is 1. The van der Waals surface area contributed by atoms with Crippen LogP contribution in [0, 0.1) is 9.49 Å². The molecule has 1 fully saturated rings. The number of hydrogen-bond acceptors (Lipinski definition) is 2. The maximum Gasteiger partial charge on any atom is 0.226 e. The molecule has 1 aromatic rings. The molecule has 18 heavy (non-hydrogen) atoms. The number of nitrogens with two attached hydrogens (primary N) is 1. The summed E-state index contributed by atoms with van der Waals surface area (Å²) in [6.07, 6.45) is 2.62. The van der Waals surface area contributed by atoms with Gasteiger partial charge >= 0.3 is 0 Å². The van der Waals surface area contributed by atoms with Gasteiger partial charge < -0.3 is 10.6 Å². The van der Waals surface area contributed by atoms with Gasteiger partial charge in [-0.15, -0.1) is 0 Å². The molecule has 0 unspecified atom stereocenters. The number of rotatable bonds is 3. The number of piperidine rings is 1. The van der Waals surface area contributed by atoms with Crippen LogP contribution in [0.3, 0.4) is 0 Å². The van der Waals surface area contributed by atoms with E-state index in [2.05, 4.69) is 28.7 Å². The van der Waals surface area contributed by atoms with Gasteiger partial charge in [0.2, 0.25) is 5.91 Å². The van der Waals surface area contributed by atoms with Crippen LogP contribution in [0.25, 0.3) is 0 Å². The van der Waals surface area contributed by atoms with Gasteiger partial charge in [-0.2, -0.15) is 0 Å². The number of hydrogen-bond donors (Lipinski definition) is 1. The highest BCUT2D eigenvalue weighted by Gasteiger charge is 2.21. The first kappa shape index (κ1) is 13.8. The number of benzene rings is 1. The van der Waals surface area contributed by atoms with Crippen molar-refractivity contribution in [3.63, 3.8) is 0 Å². The van der Waals surface area contributed by atoms with Crippen LogP contribution in [0.5, 0.6) is 0 Å². The van der Waals surface area contributed by atoms with Gasteiger partial charge in [0.15, 0.2) is 0 Å². The van der Waals surface area contributed by atoms with Gasteiger partial charge in [-0.25, -0.2) is 0 Å². The highest BCUT2D eigenvalue weighted by atomic mass is 127. The minimum absolute atomic E-state index is 0.243. The van der Waals surface area contributed by atoms with Crippen LogP contribution in [0.1, 0.15) is 18.4 Å². The zero-order valence-electron chi connectivity index (χ0n) is 10.4. The first-order valence-corrected chi connectivity index (χ1v) is 7.49. The molecule has 1 aromatic carbocycles. The summed E-state index contributed by atoms with van der Waals surface area (Å²) >= 11 is 2.28. The third kappa shape index (κ3) is 3.68. The predicted octanol–water partition coefficient (Wildman–Crippen LogP) is 2.03. The van der Waals surface area contributed by atoms with E-state index in [4.69, 9.17) is 5.73 Å². The molecule has 0 bridgehead atoms. The Morgan fingerprint density at radius 3 is 2.72 bits per heavy atom. The maximum atomic E-state index is 12.2. The largest absolute Gasteiger partial charge is 0.342 e. The van der Waals surface area contributed by atoms with E-state index in [-0.39, 0.29) is 5.91 Å². The Labute approximate surface area is 122 Å². The quantitative estimate of drug-likeness (QED) is 0.841. The number of amides is 1. The molecule has 3 nitrogen and oxygen atoms in total. The van der Waals surface area contributed by atoms with Gasteiger partial charge in [0, 0.05) is 16.7 Å². The van der Waals surface area contributed by atoms with Crippen LogP contribution in [0.4, 0.5) is 0 Å². The summed E-state index contributed by atoms with van der Waals surface area (Å²) in [6.45, 7) is 2.48. The van der Waals surface area contributed by atoms with Gasteiger partial charge in [-0.1, -0.05) is 12.1 Å². The Balaban J connectivity index is 1.89. The average molecular weight is 358 g/mol. The second kappa shape index (κ2) is 6.52. The molecule has 0 saturated carbocycles. The molecular weight excluding hydrogens is 339 g/mol. The van der Waals surface area contributed by atoms with Crippen molar-refractivity contribution < 1.29 is 4.79 Å². The zero-order valence-corrected chi connectivity index (χ0v) is 12.6. The lowest BCUT2D eigenvalue weighted by Crippen LogP contribution is -2.40. The fourth-order valence-electron chi connectivity index (χ4n) is 2.35. The van der Waals surface area contributed by atoms with E-state index in [0.717, 1.165) is 38.0 Å². The summed E-state index contributed by atoms with van der Waals surface area (Å²) in [7, 11) is 0. The predicted molar refractivity (Wildman–Crippen MR) is 81.2 cm³/mol. The van der Waals surface area contributed by atoms with Crippen LogP contribution < -0.4 is 5.73 Å². The van der Waals surface area contributed by atoms with Crippen LogP contribution >= 0.6 is 22.6 Å². The molecule has 1 saturated heterocycles. The fourth-order valence-corrected chi connectivity index (χ4v) is 2.96. The maximum absolute atomic E-state index is 12.2.